The molecule has 3 nitrogen and oxygen atoms in total. The second-order valence-electron chi connectivity index (χ2n) is 5.98. The van der Waals surface area contributed by atoms with Gasteiger partial charge in [0, 0.05) is 17.9 Å². The van der Waals surface area contributed by atoms with Crippen LogP contribution >= 0.6 is 0 Å². The van der Waals surface area contributed by atoms with Gasteiger partial charge in [-0.05, 0) is 18.4 Å². The number of aliphatic hydroxyl groups excluding tert-OH is 1. The zero-order chi connectivity index (χ0) is 14.6. The van der Waals surface area contributed by atoms with Gasteiger partial charge in [0.1, 0.15) is 6.10 Å². The minimum Gasteiger partial charge on any atom is -0.386 e. The Bertz CT molecular complexity index is 682. The van der Waals surface area contributed by atoms with E-state index in [1.165, 1.54) is 0 Å². The number of halogens is 2. The summed E-state index contributed by atoms with van der Waals surface area (Å²) in [6.45, 7) is 0. The van der Waals surface area contributed by atoms with Crippen molar-refractivity contribution in [1.82, 2.24) is 9.55 Å². The van der Waals surface area contributed by atoms with Crippen LogP contribution in [0.5, 0.6) is 0 Å². The predicted molar refractivity (Wildman–Crippen MR) is 74.1 cm³/mol. The average molecular weight is 290 g/mol. The van der Waals surface area contributed by atoms with E-state index >= 15 is 0 Å². The van der Waals surface area contributed by atoms with Crippen LogP contribution in [0.2, 0.25) is 0 Å². The maximum atomic E-state index is 13.9. The van der Waals surface area contributed by atoms with Gasteiger partial charge in [0.05, 0.1) is 24.3 Å². The van der Waals surface area contributed by atoms with E-state index in [0.29, 0.717) is 12.8 Å². The fraction of sp³-hybridized carbons (Fsp3) is 0.438. The van der Waals surface area contributed by atoms with Crippen LogP contribution in [0, 0.1) is 5.92 Å². The van der Waals surface area contributed by atoms with Crippen LogP contribution < -0.4 is 0 Å². The van der Waals surface area contributed by atoms with Gasteiger partial charge < -0.3 is 9.67 Å². The molecule has 4 rings (SSSR count). The third-order valence-corrected chi connectivity index (χ3v) is 4.81. The molecule has 1 aliphatic heterocycles. The van der Waals surface area contributed by atoms with E-state index in [9.17, 15) is 13.9 Å². The fourth-order valence-electron chi connectivity index (χ4n) is 3.83. The number of rotatable bonds is 1. The Balaban J connectivity index is 1.82. The molecule has 5 heteroatoms. The van der Waals surface area contributed by atoms with Crippen molar-refractivity contribution in [3.8, 4) is 11.3 Å². The number of nitrogens with zero attached hydrogens (tertiary/aromatic N) is 2. The normalized spacial score (nSPS) is 30.0. The molecule has 110 valence electrons. The van der Waals surface area contributed by atoms with Crippen LogP contribution in [0.25, 0.3) is 11.3 Å². The van der Waals surface area contributed by atoms with Crippen molar-refractivity contribution in [3.05, 3.63) is 42.4 Å². The highest BCUT2D eigenvalue weighted by atomic mass is 19.3. The molecule has 3 atom stereocenters. The highest BCUT2D eigenvalue weighted by molar-refractivity contribution is 5.69. The monoisotopic (exact) mass is 290 g/mol. The molecular weight excluding hydrogens is 274 g/mol. The molecule has 0 radical (unpaired) electrons. The predicted octanol–water partition coefficient (Wildman–Crippen LogP) is 3.25. The van der Waals surface area contributed by atoms with E-state index in [1.807, 2.05) is 28.8 Å². The van der Waals surface area contributed by atoms with Gasteiger partial charge in [-0.1, -0.05) is 24.3 Å². The van der Waals surface area contributed by atoms with Crippen LogP contribution in [0.3, 0.4) is 0 Å². The number of aliphatic hydroxyl groups is 1. The first kappa shape index (κ1) is 13.0. The fourth-order valence-corrected chi connectivity index (χ4v) is 3.83. The molecule has 21 heavy (non-hydrogen) atoms. The van der Waals surface area contributed by atoms with Crippen molar-refractivity contribution >= 4 is 0 Å². The quantitative estimate of drug-likeness (QED) is 0.875. The third-order valence-electron chi connectivity index (χ3n) is 4.81. The Hall–Kier alpha value is -1.75. The van der Waals surface area contributed by atoms with Crippen molar-refractivity contribution < 1.29 is 13.9 Å². The van der Waals surface area contributed by atoms with Gasteiger partial charge in [-0.3, -0.25) is 0 Å². The van der Waals surface area contributed by atoms with E-state index in [-0.39, 0.29) is 12.5 Å². The maximum absolute atomic E-state index is 13.9. The molecule has 0 saturated heterocycles. The summed E-state index contributed by atoms with van der Waals surface area (Å²) in [6, 6.07) is 7.55. The summed E-state index contributed by atoms with van der Waals surface area (Å²) in [4.78, 5) is 4.14. The van der Waals surface area contributed by atoms with E-state index < -0.39 is 17.9 Å². The molecule has 2 aromatic rings. The molecular formula is C16H16F2N2O. The van der Waals surface area contributed by atoms with Gasteiger partial charge in [-0.25, -0.2) is 13.8 Å². The highest BCUT2D eigenvalue weighted by Gasteiger charge is 2.50. The van der Waals surface area contributed by atoms with Gasteiger partial charge in [-0.15, -0.1) is 0 Å². The first-order chi connectivity index (χ1) is 10.1. The Morgan fingerprint density at radius 1 is 1.29 bits per heavy atom. The summed E-state index contributed by atoms with van der Waals surface area (Å²) < 4.78 is 29.7. The van der Waals surface area contributed by atoms with Gasteiger partial charge in [0.15, 0.2) is 0 Å². The smallest absolute Gasteiger partial charge is 0.273 e. The molecule has 1 aliphatic carbocycles. The van der Waals surface area contributed by atoms with Crippen LogP contribution in [0.15, 0.2) is 36.8 Å². The summed E-state index contributed by atoms with van der Waals surface area (Å²) in [5, 5.41) is 10.2. The highest BCUT2D eigenvalue weighted by Crippen LogP contribution is 2.49. The molecule has 1 aromatic heterocycles. The molecule has 1 fully saturated rings. The van der Waals surface area contributed by atoms with Gasteiger partial charge >= 0.3 is 0 Å². The molecule has 2 heterocycles. The summed E-state index contributed by atoms with van der Waals surface area (Å²) in [6.07, 6.45) is 2.66. The first-order valence-electron chi connectivity index (χ1n) is 7.26. The minimum absolute atomic E-state index is 0.226. The van der Waals surface area contributed by atoms with E-state index in [1.54, 1.807) is 12.5 Å². The van der Waals surface area contributed by atoms with Crippen molar-refractivity contribution in [3.63, 3.8) is 0 Å². The summed E-state index contributed by atoms with van der Waals surface area (Å²) in [7, 11) is 0. The van der Waals surface area contributed by atoms with Gasteiger partial charge in [-0.2, -0.15) is 0 Å². The number of fused-ring (bicyclic) bond motifs is 3. The number of benzene rings is 1. The summed E-state index contributed by atoms with van der Waals surface area (Å²) in [5.41, 5.74) is 2.98. The van der Waals surface area contributed by atoms with Gasteiger partial charge in [0.25, 0.3) is 5.92 Å². The van der Waals surface area contributed by atoms with E-state index in [4.69, 9.17) is 0 Å². The largest absolute Gasteiger partial charge is 0.386 e. The van der Waals surface area contributed by atoms with Crippen molar-refractivity contribution in [2.45, 2.75) is 37.3 Å². The average Bonchev–Trinajstić information content (AvgIpc) is 3.03. The summed E-state index contributed by atoms with van der Waals surface area (Å²) >= 11 is 0. The zero-order valence-corrected chi connectivity index (χ0v) is 11.4. The molecule has 1 aromatic carbocycles. The SMILES string of the molecule is O[C@@H]1[C@@H]([C@H]2c3ccccc3-c3cncn32)CCCC1(F)F. The number of alkyl halides is 2. The minimum atomic E-state index is -3.00. The Labute approximate surface area is 121 Å². The lowest BCUT2D eigenvalue weighted by Crippen LogP contribution is -2.46. The van der Waals surface area contributed by atoms with Crippen molar-refractivity contribution in [2.24, 2.45) is 5.92 Å². The van der Waals surface area contributed by atoms with Crippen molar-refractivity contribution in [2.75, 3.05) is 0 Å². The second kappa shape index (κ2) is 4.37. The number of hydrogen-bond donors (Lipinski definition) is 1. The third kappa shape index (κ3) is 1.77. The maximum Gasteiger partial charge on any atom is 0.273 e. The number of imidazole rings is 1. The molecule has 0 amide bonds. The molecule has 0 spiro atoms. The molecule has 0 unspecified atom stereocenters. The molecule has 1 N–H and O–H groups in total. The first-order valence-corrected chi connectivity index (χ1v) is 7.26. The molecule has 1 saturated carbocycles. The lowest BCUT2D eigenvalue weighted by atomic mass is 9.77. The standard InChI is InChI=1S/C16H16F2N2O/c17-16(18)7-3-6-12(15(16)21)14-11-5-2-1-4-10(11)13-8-19-9-20(13)14/h1-2,4-5,8-9,12,14-15,21H,3,6-7H2/t12-,14-,15-/m1/s1. The number of aromatic nitrogens is 2. The van der Waals surface area contributed by atoms with Crippen LogP contribution in [-0.4, -0.2) is 26.7 Å². The Morgan fingerprint density at radius 3 is 2.95 bits per heavy atom. The zero-order valence-electron chi connectivity index (χ0n) is 11.4. The Morgan fingerprint density at radius 2 is 2.10 bits per heavy atom. The van der Waals surface area contributed by atoms with E-state index in [2.05, 4.69) is 4.98 Å². The Kier molecular flexibility index (Phi) is 2.70. The van der Waals surface area contributed by atoms with E-state index in [0.717, 1.165) is 16.8 Å². The molecule has 2 aliphatic rings. The van der Waals surface area contributed by atoms with Crippen LogP contribution in [0.4, 0.5) is 8.78 Å². The van der Waals surface area contributed by atoms with Gasteiger partial charge in [0.2, 0.25) is 0 Å². The topological polar surface area (TPSA) is 38.1 Å². The van der Waals surface area contributed by atoms with Crippen molar-refractivity contribution in [1.29, 1.82) is 0 Å². The second-order valence-corrected chi connectivity index (χ2v) is 5.98. The molecule has 0 bridgehead atoms. The van der Waals surface area contributed by atoms with Crippen LogP contribution in [0.1, 0.15) is 30.9 Å². The summed E-state index contributed by atoms with van der Waals surface area (Å²) in [5.74, 6) is -3.48. The number of hydrogen-bond acceptors (Lipinski definition) is 2. The lowest BCUT2D eigenvalue weighted by Gasteiger charge is -2.38. The van der Waals surface area contributed by atoms with Crippen LogP contribution in [-0.2, 0) is 0 Å². The lowest BCUT2D eigenvalue weighted by molar-refractivity contribution is -0.160.